The van der Waals surface area contributed by atoms with Crippen molar-refractivity contribution in [2.24, 2.45) is 5.92 Å². The largest absolute Gasteiger partial charge is 0.465 e. The minimum absolute atomic E-state index is 0.167. The van der Waals surface area contributed by atoms with E-state index in [2.05, 4.69) is 52.7 Å². The Morgan fingerprint density at radius 2 is 1.96 bits per heavy atom. The molecule has 2 aliphatic heterocycles. The first-order chi connectivity index (χ1) is 13.2. The van der Waals surface area contributed by atoms with Crippen LogP contribution in [0.15, 0.2) is 48.5 Å². The molecule has 2 aliphatic rings. The number of amides is 1. The summed E-state index contributed by atoms with van der Waals surface area (Å²) in [5.41, 5.74) is 4.96. The van der Waals surface area contributed by atoms with Gasteiger partial charge in [0.25, 0.3) is 0 Å². The van der Waals surface area contributed by atoms with Gasteiger partial charge in [-0.15, -0.1) is 0 Å². The molecule has 1 fully saturated rings. The summed E-state index contributed by atoms with van der Waals surface area (Å²) in [5, 5.41) is 12.1. The summed E-state index contributed by atoms with van der Waals surface area (Å²) in [5.74, 6) is 0.287. The molecule has 0 aliphatic carbocycles. The number of nitrogens with one attached hydrogen (secondary N) is 1. The third-order valence-electron chi connectivity index (χ3n) is 5.69. The van der Waals surface area contributed by atoms with E-state index in [0.29, 0.717) is 13.2 Å². The average molecular weight is 366 g/mol. The van der Waals surface area contributed by atoms with Crippen molar-refractivity contribution in [3.63, 3.8) is 0 Å². The molecule has 1 unspecified atom stereocenters. The molecule has 0 aromatic heterocycles. The molecule has 2 aromatic rings. The molecule has 1 atom stereocenters. The number of hydrogen-bond donors (Lipinski definition) is 2. The second kappa shape index (κ2) is 8.01. The Kier molecular flexibility index (Phi) is 5.30. The fraction of sp³-hybridized carbons (Fsp3) is 0.409. The molecule has 2 aromatic carbocycles. The molecule has 2 N–H and O–H groups in total. The van der Waals surface area contributed by atoms with Gasteiger partial charge in [-0.1, -0.05) is 42.5 Å². The molecule has 27 heavy (non-hydrogen) atoms. The smallest absolute Gasteiger partial charge is 0.405 e. The molecule has 4 rings (SSSR count). The lowest BCUT2D eigenvalue weighted by Gasteiger charge is -2.31. The minimum Gasteiger partial charge on any atom is -0.465 e. The van der Waals surface area contributed by atoms with Gasteiger partial charge < -0.3 is 20.1 Å². The van der Waals surface area contributed by atoms with Crippen LogP contribution in [0.3, 0.4) is 0 Å². The summed E-state index contributed by atoms with van der Waals surface area (Å²) < 4.78 is 5.45. The van der Waals surface area contributed by atoms with Crippen molar-refractivity contribution in [2.75, 3.05) is 24.7 Å². The topological polar surface area (TPSA) is 61.8 Å². The highest BCUT2D eigenvalue weighted by Gasteiger charge is 2.28. The highest BCUT2D eigenvalue weighted by Crippen LogP contribution is 2.35. The number of carbonyl (C=O) groups is 1. The van der Waals surface area contributed by atoms with Gasteiger partial charge in [0, 0.05) is 32.0 Å². The molecule has 0 saturated carbocycles. The maximum atomic E-state index is 11.4. The second-order valence-corrected chi connectivity index (χ2v) is 7.42. The Hall–Kier alpha value is -2.53. The maximum Gasteiger partial charge on any atom is 0.405 e. The zero-order valence-corrected chi connectivity index (χ0v) is 15.4. The van der Waals surface area contributed by atoms with Crippen LogP contribution < -0.4 is 10.2 Å². The molecule has 5 heteroatoms. The first-order valence-electron chi connectivity index (χ1n) is 9.69. The third kappa shape index (κ3) is 4.08. The van der Waals surface area contributed by atoms with Gasteiger partial charge >= 0.3 is 6.09 Å². The maximum absolute atomic E-state index is 11.4. The quantitative estimate of drug-likeness (QED) is 0.840. The molecule has 142 valence electrons. The predicted octanol–water partition coefficient (Wildman–Crippen LogP) is 3.98. The lowest BCUT2D eigenvalue weighted by molar-refractivity contribution is 0.0534. The van der Waals surface area contributed by atoms with Gasteiger partial charge in [-0.05, 0) is 47.9 Å². The van der Waals surface area contributed by atoms with E-state index in [1.807, 2.05) is 6.07 Å². The zero-order chi connectivity index (χ0) is 18.6. The van der Waals surface area contributed by atoms with E-state index in [9.17, 15) is 9.90 Å². The summed E-state index contributed by atoms with van der Waals surface area (Å²) in [6.07, 6.45) is 1.83. The van der Waals surface area contributed by atoms with Crippen molar-refractivity contribution >= 4 is 11.8 Å². The van der Waals surface area contributed by atoms with E-state index in [0.717, 1.165) is 37.9 Å². The summed E-state index contributed by atoms with van der Waals surface area (Å²) >= 11 is 0. The summed E-state index contributed by atoms with van der Waals surface area (Å²) in [4.78, 5) is 13.8. The van der Waals surface area contributed by atoms with E-state index in [-0.39, 0.29) is 12.0 Å². The molecular formula is C22H26N2O3. The SMILES string of the molecule is O=C(O)NC(c1ccc2c(c1)CCN2Cc1ccccc1)C1CCOCC1. The molecule has 1 saturated heterocycles. The van der Waals surface area contributed by atoms with Crippen LogP contribution in [0.1, 0.15) is 35.6 Å². The van der Waals surface area contributed by atoms with E-state index >= 15 is 0 Å². The minimum atomic E-state index is -0.960. The van der Waals surface area contributed by atoms with Crippen LogP contribution >= 0.6 is 0 Å². The average Bonchev–Trinajstić information content (AvgIpc) is 3.09. The standard InChI is InChI=1S/C22H26N2O3/c25-22(26)23-21(17-9-12-27-13-10-17)19-6-7-20-18(14-19)8-11-24(20)15-16-4-2-1-3-5-16/h1-7,14,17,21,23H,8-13,15H2,(H,25,26). The van der Waals surface area contributed by atoms with Crippen LogP contribution in [-0.4, -0.2) is 31.0 Å². The molecule has 1 amide bonds. The third-order valence-corrected chi connectivity index (χ3v) is 5.69. The Balaban J connectivity index is 1.55. The Bertz CT molecular complexity index is 787. The van der Waals surface area contributed by atoms with Crippen molar-refractivity contribution in [1.82, 2.24) is 5.32 Å². The van der Waals surface area contributed by atoms with Crippen molar-refractivity contribution in [3.8, 4) is 0 Å². The fourth-order valence-electron chi connectivity index (χ4n) is 4.31. The highest BCUT2D eigenvalue weighted by molar-refractivity contribution is 5.66. The van der Waals surface area contributed by atoms with Crippen molar-refractivity contribution in [1.29, 1.82) is 0 Å². The van der Waals surface area contributed by atoms with Crippen LogP contribution in [0.5, 0.6) is 0 Å². The molecule has 5 nitrogen and oxygen atoms in total. The zero-order valence-electron chi connectivity index (χ0n) is 15.4. The van der Waals surface area contributed by atoms with Gasteiger partial charge in [0.1, 0.15) is 0 Å². The van der Waals surface area contributed by atoms with Gasteiger partial charge in [-0.2, -0.15) is 0 Å². The van der Waals surface area contributed by atoms with Crippen molar-refractivity contribution in [3.05, 3.63) is 65.2 Å². The van der Waals surface area contributed by atoms with E-state index in [1.54, 1.807) is 0 Å². The summed E-state index contributed by atoms with van der Waals surface area (Å²) in [7, 11) is 0. The molecule has 2 heterocycles. The van der Waals surface area contributed by atoms with Gasteiger partial charge in [-0.3, -0.25) is 0 Å². The Morgan fingerprint density at radius 3 is 2.70 bits per heavy atom. The van der Waals surface area contributed by atoms with Gasteiger partial charge in [0.05, 0.1) is 6.04 Å². The number of ether oxygens (including phenoxy) is 1. The molecule has 0 radical (unpaired) electrons. The number of benzene rings is 2. The second-order valence-electron chi connectivity index (χ2n) is 7.42. The summed E-state index contributed by atoms with van der Waals surface area (Å²) in [6, 6.07) is 16.8. The molecule has 0 spiro atoms. The van der Waals surface area contributed by atoms with Crippen molar-refractivity contribution < 1.29 is 14.6 Å². The van der Waals surface area contributed by atoms with E-state index < -0.39 is 6.09 Å². The van der Waals surface area contributed by atoms with Gasteiger partial charge in [-0.25, -0.2) is 4.79 Å². The molecule has 0 bridgehead atoms. The predicted molar refractivity (Wildman–Crippen MR) is 105 cm³/mol. The normalized spacial score (nSPS) is 18.1. The summed E-state index contributed by atoms with van der Waals surface area (Å²) in [6.45, 7) is 3.32. The monoisotopic (exact) mass is 366 g/mol. The van der Waals surface area contributed by atoms with Crippen LogP contribution in [0.25, 0.3) is 0 Å². The van der Waals surface area contributed by atoms with Gasteiger partial charge in [0.2, 0.25) is 0 Å². The van der Waals surface area contributed by atoms with Gasteiger partial charge in [0.15, 0.2) is 0 Å². The van der Waals surface area contributed by atoms with Crippen LogP contribution in [0.4, 0.5) is 10.5 Å². The fourth-order valence-corrected chi connectivity index (χ4v) is 4.31. The first kappa shape index (κ1) is 17.9. The highest BCUT2D eigenvalue weighted by atomic mass is 16.5. The van der Waals surface area contributed by atoms with Crippen LogP contribution in [0.2, 0.25) is 0 Å². The van der Waals surface area contributed by atoms with E-state index in [1.165, 1.54) is 16.8 Å². The van der Waals surface area contributed by atoms with Crippen LogP contribution in [0, 0.1) is 5.92 Å². The number of anilines is 1. The van der Waals surface area contributed by atoms with Crippen molar-refractivity contribution in [2.45, 2.75) is 31.8 Å². The number of nitrogens with zero attached hydrogens (tertiary/aromatic N) is 1. The molecular weight excluding hydrogens is 340 g/mol. The number of rotatable bonds is 5. The number of fused-ring (bicyclic) bond motifs is 1. The lowest BCUT2D eigenvalue weighted by atomic mass is 9.86. The Morgan fingerprint density at radius 1 is 1.19 bits per heavy atom. The Labute approximate surface area is 160 Å². The van der Waals surface area contributed by atoms with E-state index in [4.69, 9.17) is 4.74 Å². The lowest BCUT2D eigenvalue weighted by Crippen LogP contribution is -2.35. The number of hydrogen-bond acceptors (Lipinski definition) is 3. The van der Waals surface area contributed by atoms with Crippen LogP contribution in [-0.2, 0) is 17.7 Å². The first-order valence-corrected chi connectivity index (χ1v) is 9.69. The number of carboxylic acid groups (broad SMARTS) is 1.